The van der Waals surface area contributed by atoms with E-state index < -0.39 is 6.04 Å². The number of nitrogens with zero attached hydrogens (tertiary/aromatic N) is 1. The maximum Gasteiger partial charge on any atom is 0.241 e. The van der Waals surface area contributed by atoms with Crippen LogP contribution in [0.15, 0.2) is 18.2 Å². The van der Waals surface area contributed by atoms with E-state index in [4.69, 9.17) is 5.73 Å². The third-order valence-electron chi connectivity index (χ3n) is 4.42. The van der Waals surface area contributed by atoms with E-state index in [1.165, 1.54) is 17.1 Å². The van der Waals surface area contributed by atoms with Crippen molar-refractivity contribution >= 4 is 48.2 Å². The summed E-state index contributed by atoms with van der Waals surface area (Å²) < 4.78 is 0. The number of carbonyl (C=O) groups is 1. The second-order valence-corrected chi connectivity index (χ2v) is 8.54. The zero-order valence-electron chi connectivity index (χ0n) is 15.5. The van der Waals surface area contributed by atoms with Gasteiger partial charge in [0, 0.05) is 36.8 Å². The van der Waals surface area contributed by atoms with Gasteiger partial charge in [0.15, 0.2) is 0 Å². The minimum atomic E-state index is -0.523. The number of carbonyl (C=O) groups excluding carboxylic acids is 1. The average Bonchev–Trinajstić information content (AvgIpc) is 2.50. The van der Waals surface area contributed by atoms with Gasteiger partial charge in [-0.05, 0) is 29.5 Å². The van der Waals surface area contributed by atoms with E-state index in [1.807, 2.05) is 44.7 Å². The smallest absolute Gasteiger partial charge is 0.241 e. The summed E-state index contributed by atoms with van der Waals surface area (Å²) in [6.07, 6.45) is 0. The van der Waals surface area contributed by atoms with Crippen LogP contribution in [0.25, 0.3) is 0 Å². The molecule has 4 nitrogen and oxygen atoms in total. The molecular formula is C18H31Cl2N3OS. The van der Waals surface area contributed by atoms with Crippen molar-refractivity contribution in [3.05, 3.63) is 29.3 Å². The molecule has 0 radical (unpaired) electrons. The van der Waals surface area contributed by atoms with Gasteiger partial charge in [0.25, 0.3) is 0 Å². The first-order chi connectivity index (χ1) is 10.8. The fraction of sp³-hybridized carbons (Fsp3) is 0.611. The number of anilines is 1. The molecule has 0 spiro atoms. The molecule has 3 N–H and O–H groups in total. The van der Waals surface area contributed by atoms with Crippen molar-refractivity contribution in [2.75, 3.05) is 29.9 Å². The average molecular weight is 408 g/mol. The molecule has 0 aromatic heterocycles. The Hall–Kier alpha value is -0.460. The lowest BCUT2D eigenvalue weighted by molar-refractivity contribution is -0.119. The van der Waals surface area contributed by atoms with Gasteiger partial charge in [0.2, 0.25) is 5.91 Å². The molecule has 1 aromatic rings. The van der Waals surface area contributed by atoms with Crippen LogP contribution >= 0.6 is 36.6 Å². The summed E-state index contributed by atoms with van der Waals surface area (Å²) >= 11 is 2.02. The molecule has 1 fully saturated rings. The van der Waals surface area contributed by atoms with Crippen molar-refractivity contribution in [3.8, 4) is 0 Å². The molecule has 0 saturated carbocycles. The molecule has 0 bridgehead atoms. The van der Waals surface area contributed by atoms with Gasteiger partial charge >= 0.3 is 0 Å². The number of rotatable bonds is 4. The maximum atomic E-state index is 12.4. The number of hydrogen-bond acceptors (Lipinski definition) is 4. The summed E-state index contributed by atoms with van der Waals surface area (Å²) in [5, 5.41) is 3.01. The molecule has 1 amide bonds. The van der Waals surface area contributed by atoms with E-state index >= 15 is 0 Å². The van der Waals surface area contributed by atoms with Crippen molar-refractivity contribution in [3.63, 3.8) is 0 Å². The van der Waals surface area contributed by atoms with Crippen LogP contribution in [0.5, 0.6) is 0 Å². The quantitative estimate of drug-likeness (QED) is 0.798. The Bertz CT molecular complexity index is 558. The Morgan fingerprint density at radius 2 is 1.88 bits per heavy atom. The summed E-state index contributed by atoms with van der Waals surface area (Å²) in [6, 6.07) is 5.60. The topological polar surface area (TPSA) is 58.4 Å². The van der Waals surface area contributed by atoms with E-state index in [2.05, 4.69) is 23.2 Å². The van der Waals surface area contributed by atoms with Crippen LogP contribution in [0, 0.1) is 12.3 Å². The lowest BCUT2D eigenvalue weighted by Crippen LogP contribution is -2.45. The fourth-order valence-electron chi connectivity index (χ4n) is 2.59. The molecule has 1 heterocycles. The van der Waals surface area contributed by atoms with Crippen LogP contribution in [0.3, 0.4) is 0 Å². The van der Waals surface area contributed by atoms with Gasteiger partial charge in [-0.1, -0.05) is 32.9 Å². The number of benzene rings is 1. The molecule has 1 aliphatic rings. The van der Waals surface area contributed by atoms with E-state index in [-0.39, 0.29) is 36.1 Å². The van der Waals surface area contributed by atoms with E-state index in [0.29, 0.717) is 0 Å². The monoisotopic (exact) mass is 407 g/mol. The zero-order chi connectivity index (χ0) is 17.0. The number of nitrogens with two attached hydrogens (primary N) is 1. The fourth-order valence-corrected chi connectivity index (χ4v) is 3.57. The Morgan fingerprint density at radius 1 is 1.28 bits per heavy atom. The van der Waals surface area contributed by atoms with Gasteiger partial charge in [-0.15, -0.1) is 24.8 Å². The van der Waals surface area contributed by atoms with Crippen LogP contribution in [-0.4, -0.2) is 41.4 Å². The van der Waals surface area contributed by atoms with E-state index in [1.54, 1.807) is 0 Å². The van der Waals surface area contributed by atoms with Crippen molar-refractivity contribution in [1.29, 1.82) is 0 Å². The van der Waals surface area contributed by atoms with Gasteiger partial charge in [0.1, 0.15) is 0 Å². The molecule has 7 heteroatoms. The third-order valence-corrected chi connectivity index (χ3v) is 5.36. The lowest BCUT2D eigenvalue weighted by Gasteiger charge is -2.28. The summed E-state index contributed by atoms with van der Waals surface area (Å²) in [5.74, 6) is 2.29. The number of nitrogens with one attached hydrogen (secondary N) is 1. The molecule has 1 aliphatic heterocycles. The second-order valence-electron chi connectivity index (χ2n) is 7.31. The molecule has 25 heavy (non-hydrogen) atoms. The number of thioether (sulfide) groups is 1. The minimum Gasteiger partial charge on any atom is -0.324 e. The zero-order valence-corrected chi connectivity index (χ0v) is 18.0. The Labute approximate surface area is 168 Å². The van der Waals surface area contributed by atoms with Crippen LogP contribution in [0.2, 0.25) is 0 Å². The largest absolute Gasteiger partial charge is 0.324 e. The number of halogens is 2. The first kappa shape index (κ1) is 24.5. The lowest BCUT2D eigenvalue weighted by atomic mass is 9.87. The minimum absolute atomic E-state index is 0. The molecule has 0 unspecified atom stereocenters. The predicted octanol–water partition coefficient (Wildman–Crippen LogP) is 3.70. The SMILES string of the molecule is Cc1c(CN2CCSCC2)cccc1NC(=O)[C@@H](N)C(C)(C)C.Cl.Cl. The van der Waals surface area contributed by atoms with Crippen LogP contribution < -0.4 is 11.1 Å². The van der Waals surface area contributed by atoms with Gasteiger partial charge in [-0.2, -0.15) is 11.8 Å². The van der Waals surface area contributed by atoms with Crippen LogP contribution in [-0.2, 0) is 11.3 Å². The van der Waals surface area contributed by atoms with Gasteiger partial charge in [-0.25, -0.2) is 0 Å². The predicted molar refractivity (Wildman–Crippen MR) is 114 cm³/mol. The summed E-state index contributed by atoms with van der Waals surface area (Å²) in [5.41, 5.74) is 9.10. The van der Waals surface area contributed by atoms with Gasteiger partial charge < -0.3 is 11.1 Å². The second kappa shape index (κ2) is 10.6. The maximum absolute atomic E-state index is 12.4. The van der Waals surface area contributed by atoms with Crippen LogP contribution in [0.1, 0.15) is 31.9 Å². The van der Waals surface area contributed by atoms with Crippen molar-refractivity contribution < 1.29 is 4.79 Å². The molecule has 1 saturated heterocycles. The Morgan fingerprint density at radius 3 is 2.44 bits per heavy atom. The van der Waals surface area contributed by atoms with Crippen molar-refractivity contribution in [2.24, 2.45) is 11.1 Å². The number of hydrogen-bond donors (Lipinski definition) is 2. The summed E-state index contributed by atoms with van der Waals surface area (Å²) in [6.45, 7) is 11.2. The van der Waals surface area contributed by atoms with Crippen molar-refractivity contribution in [1.82, 2.24) is 4.90 Å². The van der Waals surface area contributed by atoms with E-state index in [9.17, 15) is 4.79 Å². The highest BCUT2D eigenvalue weighted by atomic mass is 35.5. The number of amides is 1. The molecule has 2 rings (SSSR count). The normalized spacial score (nSPS) is 16.4. The highest BCUT2D eigenvalue weighted by Gasteiger charge is 2.27. The first-order valence-corrected chi connectivity index (χ1v) is 9.39. The highest BCUT2D eigenvalue weighted by molar-refractivity contribution is 7.99. The van der Waals surface area contributed by atoms with Gasteiger partial charge in [0.05, 0.1) is 6.04 Å². The standard InChI is InChI=1S/C18H29N3OS.2ClH/c1-13-14(12-21-8-10-23-11-9-21)6-5-7-15(13)20-17(22)16(19)18(2,3)4;;/h5-7,16H,8-12,19H2,1-4H3,(H,20,22);2*1H/t16-;;/m1../s1. The molecule has 144 valence electrons. The molecule has 1 atom stereocenters. The summed E-state index contributed by atoms with van der Waals surface area (Å²) in [7, 11) is 0. The van der Waals surface area contributed by atoms with Crippen molar-refractivity contribution in [2.45, 2.75) is 40.3 Å². The highest BCUT2D eigenvalue weighted by Crippen LogP contribution is 2.24. The van der Waals surface area contributed by atoms with E-state index in [0.717, 1.165) is 30.9 Å². The summed E-state index contributed by atoms with van der Waals surface area (Å²) in [4.78, 5) is 14.8. The Balaban J connectivity index is 0.00000288. The van der Waals surface area contributed by atoms with Gasteiger partial charge in [-0.3, -0.25) is 9.69 Å². The Kier molecular flexibility index (Phi) is 10.4. The molecule has 1 aromatic carbocycles. The van der Waals surface area contributed by atoms with Crippen LogP contribution in [0.4, 0.5) is 5.69 Å². The molecule has 0 aliphatic carbocycles. The third kappa shape index (κ3) is 6.99. The first-order valence-electron chi connectivity index (χ1n) is 8.24. The molecular weight excluding hydrogens is 377 g/mol.